The van der Waals surface area contributed by atoms with Gasteiger partial charge in [-0.3, -0.25) is 10.1 Å². The number of hydrogen-bond acceptors (Lipinski definition) is 2. The van der Waals surface area contributed by atoms with Gasteiger partial charge in [-0.25, -0.2) is 0 Å². The Bertz CT molecular complexity index is 257. The standard InChI is InChI=1S/C6H5Cl2NO2/c7-5-2-1-4(9(10)11)3-6(5)8/h3H,1-2H2. The third-order valence-electron chi connectivity index (χ3n) is 1.39. The number of nitro groups is 1. The lowest BCUT2D eigenvalue weighted by Crippen LogP contribution is -2.02. The van der Waals surface area contributed by atoms with Crippen molar-refractivity contribution < 1.29 is 4.92 Å². The predicted octanol–water partition coefficient (Wildman–Crippen LogP) is 2.63. The lowest BCUT2D eigenvalue weighted by Gasteiger charge is -2.05. The van der Waals surface area contributed by atoms with Crippen molar-refractivity contribution >= 4 is 23.2 Å². The van der Waals surface area contributed by atoms with Gasteiger partial charge in [0.25, 0.3) is 0 Å². The van der Waals surface area contributed by atoms with Crippen molar-refractivity contribution in [1.29, 1.82) is 0 Å². The molecule has 60 valence electrons. The zero-order valence-corrected chi connectivity index (χ0v) is 7.02. The Hall–Kier alpha value is -0.540. The monoisotopic (exact) mass is 193 g/mol. The second-order valence-corrected chi connectivity index (χ2v) is 3.01. The molecule has 11 heavy (non-hydrogen) atoms. The van der Waals surface area contributed by atoms with Crippen molar-refractivity contribution in [3.63, 3.8) is 0 Å². The van der Waals surface area contributed by atoms with Gasteiger partial charge in [-0.1, -0.05) is 23.2 Å². The minimum atomic E-state index is -0.439. The predicted molar refractivity (Wildman–Crippen MR) is 43.0 cm³/mol. The largest absolute Gasteiger partial charge is 0.259 e. The highest BCUT2D eigenvalue weighted by molar-refractivity contribution is 6.40. The summed E-state index contributed by atoms with van der Waals surface area (Å²) >= 11 is 11.2. The summed E-state index contributed by atoms with van der Waals surface area (Å²) in [6.45, 7) is 0. The van der Waals surface area contributed by atoms with Crippen LogP contribution in [0.1, 0.15) is 12.8 Å². The molecule has 1 rings (SSSR count). The Labute approximate surface area is 73.4 Å². The smallest absolute Gasteiger partial charge is 0.248 e. The summed E-state index contributed by atoms with van der Waals surface area (Å²) in [5, 5.41) is 11.0. The van der Waals surface area contributed by atoms with Crippen LogP contribution in [-0.4, -0.2) is 4.92 Å². The zero-order valence-electron chi connectivity index (χ0n) is 5.51. The molecule has 0 N–H and O–H groups in total. The van der Waals surface area contributed by atoms with Crippen molar-refractivity contribution in [2.75, 3.05) is 0 Å². The summed E-state index contributed by atoms with van der Waals surface area (Å²) in [4.78, 5) is 9.78. The molecule has 0 saturated heterocycles. The van der Waals surface area contributed by atoms with Crippen molar-refractivity contribution in [3.05, 3.63) is 32.0 Å². The number of rotatable bonds is 1. The summed E-state index contributed by atoms with van der Waals surface area (Å²) < 4.78 is 0. The quantitative estimate of drug-likeness (QED) is 0.475. The molecule has 5 heteroatoms. The molecule has 0 amide bonds. The first-order chi connectivity index (χ1) is 5.11. The molecule has 0 aromatic heterocycles. The lowest BCUT2D eigenvalue weighted by molar-refractivity contribution is -0.428. The molecule has 0 heterocycles. The maximum atomic E-state index is 10.2. The summed E-state index contributed by atoms with van der Waals surface area (Å²) in [6.07, 6.45) is 2.13. The molecule has 0 bridgehead atoms. The van der Waals surface area contributed by atoms with Gasteiger partial charge in [0.05, 0.1) is 9.96 Å². The lowest BCUT2D eigenvalue weighted by atomic mass is 10.1. The molecule has 1 aliphatic rings. The van der Waals surface area contributed by atoms with E-state index >= 15 is 0 Å². The molecule has 0 aromatic rings. The average molecular weight is 194 g/mol. The third kappa shape index (κ3) is 1.94. The number of nitrogens with zero attached hydrogens (tertiary/aromatic N) is 1. The first-order valence-electron chi connectivity index (χ1n) is 3.00. The van der Waals surface area contributed by atoms with Crippen LogP contribution in [0.3, 0.4) is 0 Å². The summed E-state index contributed by atoms with van der Waals surface area (Å²) in [5.74, 6) is 0. The molecular formula is C6H5Cl2NO2. The third-order valence-corrected chi connectivity index (χ3v) is 2.21. The Morgan fingerprint density at radius 3 is 2.55 bits per heavy atom. The second kappa shape index (κ2) is 3.24. The van der Waals surface area contributed by atoms with Gasteiger partial charge in [0.2, 0.25) is 5.70 Å². The summed E-state index contributed by atoms with van der Waals surface area (Å²) in [5.41, 5.74) is 0.124. The number of halogens is 2. The Kier molecular flexibility index (Phi) is 2.52. The van der Waals surface area contributed by atoms with Crippen LogP contribution in [0.15, 0.2) is 21.8 Å². The van der Waals surface area contributed by atoms with Crippen LogP contribution >= 0.6 is 23.2 Å². The molecular weight excluding hydrogens is 189 g/mol. The van der Waals surface area contributed by atoms with Gasteiger partial charge in [-0.15, -0.1) is 0 Å². The fraction of sp³-hybridized carbons (Fsp3) is 0.333. The SMILES string of the molecule is O=[N+]([O-])C1=CC(Cl)=C(Cl)CC1. The summed E-state index contributed by atoms with van der Waals surface area (Å²) in [7, 11) is 0. The fourth-order valence-electron chi connectivity index (χ4n) is 0.798. The molecule has 0 aromatic carbocycles. The van der Waals surface area contributed by atoms with E-state index in [0.29, 0.717) is 17.9 Å². The van der Waals surface area contributed by atoms with Gasteiger partial charge in [-0.05, 0) is 6.42 Å². The normalized spacial score (nSPS) is 18.2. The van der Waals surface area contributed by atoms with E-state index in [2.05, 4.69) is 0 Å². The van der Waals surface area contributed by atoms with E-state index in [1.807, 2.05) is 0 Å². The maximum Gasteiger partial charge on any atom is 0.248 e. The fourth-order valence-corrected chi connectivity index (χ4v) is 1.17. The molecule has 3 nitrogen and oxygen atoms in total. The molecule has 0 atom stereocenters. The number of hydrogen-bond donors (Lipinski definition) is 0. The van der Waals surface area contributed by atoms with Crippen LogP contribution in [0.2, 0.25) is 0 Å². The zero-order chi connectivity index (χ0) is 8.43. The van der Waals surface area contributed by atoms with Gasteiger partial charge in [0.15, 0.2) is 0 Å². The Morgan fingerprint density at radius 1 is 1.45 bits per heavy atom. The highest BCUT2D eigenvalue weighted by Crippen LogP contribution is 2.28. The minimum Gasteiger partial charge on any atom is -0.259 e. The van der Waals surface area contributed by atoms with E-state index in [0.717, 1.165) is 0 Å². The van der Waals surface area contributed by atoms with Gasteiger partial charge in [-0.2, -0.15) is 0 Å². The van der Waals surface area contributed by atoms with Crippen LogP contribution in [0.4, 0.5) is 0 Å². The van der Waals surface area contributed by atoms with E-state index in [1.165, 1.54) is 6.08 Å². The first-order valence-corrected chi connectivity index (χ1v) is 3.76. The highest BCUT2D eigenvalue weighted by Gasteiger charge is 2.17. The minimum absolute atomic E-state index is 0.124. The van der Waals surface area contributed by atoms with E-state index in [9.17, 15) is 10.1 Å². The molecule has 0 spiro atoms. The Balaban J connectivity index is 2.89. The topological polar surface area (TPSA) is 43.1 Å². The van der Waals surface area contributed by atoms with Crippen LogP contribution in [0, 0.1) is 10.1 Å². The first kappa shape index (κ1) is 8.56. The van der Waals surface area contributed by atoms with Crippen LogP contribution in [0.5, 0.6) is 0 Å². The molecule has 1 aliphatic carbocycles. The van der Waals surface area contributed by atoms with Gasteiger partial charge < -0.3 is 0 Å². The molecule has 0 fully saturated rings. The van der Waals surface area contributed by atoms with Gasteiger partial charge in [0.1, 0.15) is 0 Å². The van der Waals surface area contributed by atoms with Crippen molar-refractivity contribution in [2.24, 2.45) is 0 Å². The van der Waals surface area contributed by atoms with E-state index < -0.39 is 4.92 Å². The van der Waals surface area contributed by atoms with E-state index in [4.69, 9.17) is 23.2 Å². The number of allylic oxidation sites excluding steroid dienone is 4. The Morgan fingerprint density at radius 2 is 2.09 bits per heavy atom. The van der Waals surface area contributed by atoms with Crippen molar-refractivity contribution in [2.45, 2.75) is 12.8 Å². The maximum absolute atomic E-state index is 10.2. The van der Waals surface area contributed by atoms with Crippen molar-refractivity contribution in [1.82, 2.24) is 0 Å². The molecule has 0 aliphatic heterocycles. The summed E-state index contributed by atoms with van der Waals surface area (Å²) in [6, 6.07) is 0. The molecule has 0 radical (unpaired) electrons. The van der Waals surface area contributed by atoms with Crippen LogP contribution in [0.25, 0.3) is 0 Å². The van der Waals surface area contributed by atoms with E-state index in [1.54, 1.807) is 0 Å². The second-order valence-electron chi connectivity index (χ2n) is 2.15. The van der Waals surface area contributed by atoms with Gasteiger partial charge in [0, 0.05) is 17.5 Å². The van der Waals surface area contributed by atoms with Crippen LogP contribution in [-0.2, 0) is 0 Å². The molecule has 0 unspecified atom stereocenters. The molecule has 0 saturated carbocycles. The highest BCUT2D eigenvalue weighted by atomic mass is 35.5. The van der Waals surface area contributed by atoms with Gasteiger partial charge >= 0.3 is 0 Å². The van der Waals surface area contributed by atoms with Crippen molar-refractivity contribution in [3.8, 4) is 0 Å². The van der Waals surface area contributed by atoms with Crippen LogP contribution < -0.4 is 0 Å². The van der Waals surface area contributed by atoms with E-state index in [-0.39, 0.29) is 10.7 Å². The average Bonchev–Trinajstić information content (AvgIpc) is 1.94.